The summed E-state index contributed by atoms with van der Waals surface area (Å²) < 4.78 is 2.12. The molecule has 2 saturated heterocycles. The lowest BCUT2D eigenvalue weighted by Crippen LogP contribution is -2.58. The summed E-state index contributed by atoms with van der Waals surface area (Å²) in [6.07, 6.45) is 7.76. The molecule has 138 valence electrons. The van der Waals surface area contributed by atoms with Gasteiger partial charge in [-0.1, -0.05) is 18.2 Å². The number of nitrogens with zero attached hydrogens (tertiary/aromatic N) is 5. The van der Waals surface area contributed by atoms with Gasteiger partial charge in [-0.2, -0.15) is 0 Å². The number of benzene rings is 1. The van der Waals surface area contributed by atoms with E-state index in [1.165, 1.54) is 0 Å². The van der Waals surface area contributed by atoms with Crippen molar-refractivity contribution in [1.82, 2.24) is 19.4 Å². The first-order chi connectivity index (χ1) is 12.8. The first kappa shape index (κ1) is 17.2. The molecule has 3 heterocycles. The van der Waals surface area contributed by atoms with Crippen molar-refractivity contribution in [2.45, 2.75) is 25.4 Å². The summed E-state index contributed by atoms with van der Waals surface area (Å²) in [5, 5.41) is 0. The van der Waals surface area contributed by atoms with Crippen LogP contribution in [0.3, 0.4) is 0 Å². The lowest BCUT2D eigenvalue weighted by Gasteiger charge is -2.42. The minimum atomic E-state index is 0.0414. The second kappa shape index (κ2) is 8.01. The van der Waals surface area contributed by atoms with E-state index >= 15 is 0 Å². The van der Waals surface area contributed by atoms with Gasteiger partial charge in [0.05, 0.1) is 12.4 Å². The van der Waals surface area contributed by atoms with Crippen LogP contribution in [0, 0.1) is 0 Å². The summed E-state index contributed by atoms with van der Waals surface area (Å²) in [7, 11) is 0. The Morgan fingerprint density at radius 2 is 1.81 bits per heavy atom. The molecule has 26 heavy (non-hydrogen) atoms. The van der Waals surface area contributed by atoms with Gasteiger partial charge in [-0.05, 0) is 25.0 Å². The Kier molecular flexibility index (Phi) is 5.32. The number of rotatable bonds is 5. The maximum Gasteiger partial charge on any atom is 0.244 e. The number of carbonyl (C=O) groups excluding carboxylic acids is 1. The normalized spacial score (nSPS) is 22.7. The van der Waals surface area contributed by atoms with Gasteiger partial charge in [0.1, 0.15) is 0 Å². The van der Waals surface area contributed by atoms with E-state index in [1.54, 1.807) is 0 Å². The number of para-hydroxylation sites is 1. The number of piperidine rings is 1. The largest absolute Gasteiger partial charge is 0.336 e. The topological polar surface area (TPSA) is 44.6 Å². The Hall–Kier alpha value is -2.18. The van der Waals surface area contributed by atoms with Crippen LogP contribution < -0.4 is 4.90 Å². The first-order valence-electron chi connectivity index (χ1n) is 9.60. The standard InChI is InChI=1S/C20H27N5O/c26-20-19(7-4-9-25(20)18-5-2-1-3-6-18)24-15-13-22(14-16-24)11-12-23-10-8-21-17-23/h1-3,5-6,8,10,17,19H,4,7,9,11-16H2/t19-/m1/s1. The van der Waals surface area contributed by atoms with Crippen LogP contribution in [0.2, 0.25) is 0 Å². The lowest BCUT2D eigenvalue weighted by atomic mass is 10.0. The van der Waals surface area contributed by atoms with Crippen molar-refractivity contribution in [3.8, 4) is 0 Å². The van der Waals surface area contributed by atoms with Crippen molar-refractivity contribution in [1.29, 1.82) is 0 Å². The van der Waals surface area contributed by atoms with Crippen molar-refractivity contribution in [3.05, 3.63) is 49.1 Å². The third-order valence-corrected chi connectivity index (χ3v) is 5.56. The molecule has 2 aliphatic rings. The second-order valence-corrected chi connectivity index (χ2v) is 7.16. The molecule has 0 unspecified atom stereocenters. The van der Waals surface area contributed by atoms with Crippen molar-refractivity contribution in [2.75, 3.05) is 44.2 Å². The third-order valence-electron chi connectivity index (χ3n) is 5.56. The van der Waals surface area contributed by atoms with Gasteiger partial charge in [-0.25, -0.2) is 4.98 Å². The number of piperazine rings is 1. The monoisotopic (exact) mass is 353 g/mol. The van der Waals surface area contributed by atoms with Crippen molar-refractivity contribution >= 4 is 11.6 Å². The molecular weight excluding hydrogens is 326 g/mol. The van der Waals surface area contributed by atoms with Crippen molar-refractivity contribution < 1.29 is 4.79 Å². The fourth-order valence-corrected chi connectivity index (χ4v) is 4.03. The van der Waals surface area contributed by atoms with Gasteiger partial charge in [0.2, 0.25) is 5.91 Å². The lowest BCUT2D eigenvalue weighted by molar-refractivity contribution is -0.126. The van der Waals surface area contributed by atoms with Crippen LogP contribution in [-0.4, -0.2) is 70.6 Å². The summed E-state index contributed by atoms with van der Waals surface area (Å²) in [5.41, 5.74) is 1.03. The minimum Gasteiger partial charge on any atom is -0.336 e. The number of amides is 1. The molecule has 1 atom stereocenters. The molecule has 0 saturated carbocycles. The molecule has 1 aromatic carbocycles. The SMILES string of the molecule is O=C1[C@H](N2CCN(CCn3ccnc3)CC2)CCCN1c1ccccc1. The third kappa shape index (κ3) is 3.81. The predicted octanol–water partition coefficient (Wildman–Crippen LogP) is 1.70. The average molecular weight is 353 g/mol. The Morgan fingerprint density at radius 3 is 2.54 bits per heavy atom. The first-order valence-corrected chi connectivity index (χ1v) is 9.60. The van der Waals surface area contributed by atoms with E-state index in [4.69, 9.17) is 0 Å². The van der Waals surface area contributed by atoms with Gasteiger partial charge in [0.15, 0.2) is 0 Å². The molecule has 0 aliphatic carbocycles. The van der Waals surface area contributed by atoms with Gasteiger partial charge in [0, 0.05) is 63.9 Å². The maximum atomic E-state index is 13.0. The van der Waals surface area contributed by atoms with Crippen molar-refractivity contribution in [2.24, 2.45) is 0 Å². The van der Waals surface area contributed by atoms with Crippen LogP contribution in [0.1, 0.15) is 12.8 Å². The molecule has 1 amide bonds. The van der Waals surface area contributed by atoms with Gasteiger partial charge < -0.3 is 9.47 Å². The zero-order chi connectivity index (χ0) is 17.8. The van der Waals surface area contributed by atoms with Gasteiger partial charge in [0.25, 0.3) is 0 Å². The highest BCUT2D eigenvalue weighted by molar-refractivity contribution is 5.97. The minimum absolute atomic E-state index is 0.0414. The highest BCUT2D eigenvalue weighted by Gasteiger charge is 2.35. The fourth-order valence-electron chi connectivity index (χ4n) is 4.03. The van der Waals surface area contributed by atoms with Crippen LogP contribution in [0.5, 0.6) is 0 Å². The molecular formula is C20H27N5O. The molecule has 2 fully saturated rings. The molecule has 4 rings (SSSR count). The maximum absolute atomic E-state index is 13.0. The van der Waals surface area contributed by atoms with Crippen LogP contribution in [0.4, 0.5) is 5.69 Å². The van der Waals surface area contributed by atoms with Crippen LogP contribution in [0.25, 0.3) is 0 Å². The molecule has 0 N–H and O–H groups in total. The number of anilines is 1. The highest BCUT2D eigenvalue weighted by Crippen LogP contribution is 2.24. The number of hydrogen-bond acceptors (Lipinski definition) is 4. The molecule has 0 spiro atoms. The molecule has 6 nitrogen and oxygen atoms in total. The van der Waals surface area contributed by atoms with Crippen LogP contribution >= 0.6 is 0 Å². The number of imidazole rings is 1. The summed E-state index contributed by atoms with van der Waals surface area (Å²) >= 11 is 0. The van der Waals surface area contributed by atoms with E-state index in [1.807, 2.05) is 54.0 Å². The summed E-state index contributed by atoms with van der Waals surface area (Å²) in [4.78, 5) is 24.0. The molecule has 2 aromatic rings. The average Bonchev–Trinajstić information content (AvgIpc) is 3.21. The Morgan fingerprint density at radius 1 is 1.00 bits per heavy atom. The smallest absolute Gasteiger partial charge is 0.244 e. The van der Waals surface area contributed by atoms with Crippen LogP contribution in [-0.2, 0) is 11.3 Å². The van der Waals surface area contributed by atoms with E-state index in [2.05, 4.69) is 19.4 Å². The van der Waals surface area contributed by atoms with E-state index in [9.17, 15) is 4.79 Å². The van der Waals surface area contributed by atoms with Gasteiger partial charge >= 0.3 is 0 Å². The zero-order valence-corrected chi connectivity index (χ0v) is 15.2. The molecule has 2 aliphatic heterocycles. The van der Waals surface area contributed by atoms with Crippen molar-refractivity contribution in [3.63, 3.8) is 0 Å². The number of aromatic nitrogens is 2. The van der Waals surface area contributed by atoms with E-state index in [0.29, 0.717) is 0 Å². The number of hydrogen-bond donors (Lipinski definition) is 0. The Bertz CT molecular complexity index is 694. The quantitative estimate of drug-likeness (QED) is 0.821. The summed E-state index contributed by atoms with van der Waals surface area (Å²) in [6.45, 7) is 6.87. The van der Waals surface area contributed by atoms with Gasteiger partial charge in [-0.3, -0.25) is 14.6 Å². The van der Waals surface area contributed by atoms with E-state index in [-0.39, 0.29) is 11.9 Å². The van der Waals surface area contributed by atoms with Crippen LogP contribution in [0.15, 0.2) is 49.1 Å². The number of carbonyl (C=O) groups is 1. The Labute approximate surface area is 155 Å². The fraction of sp³-hybridized carbons (Fsp3) is 0.500. The highest BCUT2D eigenvalue weighted by atomic mass is 16.2. The summed E-state index contributed by atoms with van der Waals surface area (Å²) in [6, 6.07) is 10.1. The molecule has 0 bridgehead atoms. The molecule has 0 radical (unpaired) electrons. The Balaban J connectivity index is 1.31. The second-order valence-electron chi connectivity index (χ2n) is 7.16. The van der Waals surface area contributed by atoms with E-state index < -0.39 is 0 Å². The zero-order valence-electron chi connectivity index (χ0n) is 15.2. The van der Waals surface area contributed by atoms with E-state index in [0.717, 1.165) is 64.3 Å². The molecule has 1 aromatic heterocycles. The molecule has 6 heteroatoms. The summed E-state index contributed by atoms with van der Waals surface area (Å²) in [5.74, 6) is 0.273. The predicted molar refractivity (Wildman–Crippen MR) is 102 cm³/mol. The van der Waals surface area contributed by atoms with Gasteiger partial charge in [-0.15, -0.1) is 0 Å².